The van der Waals surface area contributed by atoms with E-state index in [1.54, 1.807) is 19.0 Å². The van der Waals surface area contributed by atoms with Gasteiger partial charge >= 0.3 is 0 Å². The molecule has 1 heterocycles. The monoisotopic (exact) mass is 385 g/mol. The van der Waals surface area contributed by atoms with Crippen LogP contribution in [0.4, 0.5) is 0 Å². The van der Waals surface area contributed by atoms with E-state index in [0.29, 0.717) is 12.0 Å². The van der Waals surface area contributed by atoms with Crippen LogP contribution >= 0.6 is 0 Å². The van der Waals surface area contributed by atoms with E-state index in [1.807, 2.05) is 18.2 Å². The summed E-state index contributed by atoms with van der Waals surface area (Å²) in [5.74, 6) is 0.689. The lowest BCUT2D eigenvalue weighted by atomic mass is 10.0. The third-order valence-corrected chi connectivity index (χ3v) is 4.95. The molecule has 1 aliphatic rings. The molecule has 1 amide bonds. The summed E-state index contributed by atoms with van der Waals surface area (Å²) in [6.07, 6.45) is 2.10. The minimum absolute atomic E-state index is 0.00950. The molecule has 1 aromatic rings. The van der Waals surface area contributed by atoms with Gasteiger partial charge in [0, 0.05) is 39.8 Å². The third kappa shape index (κ3) is 7.35. The maximum absolute atomic E-state index is 12.0. The first-order chi connectivity index (χ1) is 13.3. The number of likely N-dealkylation sites (tertiary alicyclic amines) is 1. The van der Waals surface area contributed by atoms with Crippen LogP contribution in [0.1, 0.15) is 38.3 Å². The Labute approximate surface area is 169 Å². The molecule has 2 rings (SSSR count). The highest BCUT2D eigenvalue weighted by Gasteiger charge is 2.21. The van der Waals surface area contributed by atoms with Crippen molar-refractivity contribution in [3.63, 3.8) is 0 Å². The summed E-state index contributed by atoms with van der Waals surface area (Å²) in [5.41, 5.74) is 2.39. The molecular formula is C22H35N5O. The maximum Gasteiger partial charge on any atom is 0.243 e. The van der Waals surface area contributed by atoms with Gasteiger partial charge in [-0.05, 0) is 32.3 Å². The van der Waals surface area contributed by atoms with E-state index in [2.05, 4.69) is 53.1 Å². The average Bonchev–Trinajstić information content (AvgIpc) is 2.67. The number of aliphatic imine (C=N–C) groups is 1. The molecule has 1 atom stereocenters. The van der Waals surface area contributed by atoms with Crippen LogP contribution in [0, 0.1) is 0 Å². The molecule has 6 heteroatoms. The fourth-order valence-electron chi connectivity index (χ4n) is 3.26. The zero-order chi connectivity index (χ0) is 20.5. The van der Waals surface area contributed by atoms with Gasteiger partial charge in [-0.15, -0.1) is 0 Å². The Bertz CT molecular complexity index is 663. The van der Waals surface area contributed by atoms with Gasteiger partial charge in [-0.25, -0.2) is 4.99 Å². The zero-order valence-corrected chi connectivity index (χ0v) is 17.7. The van der Waals surface area contributed by atoms with Crippen LogP contribution in [-0.2, 0) is 4.79 Å². The lowest BCUT2D eigenvalue weighted by Crippen LogP contribution is -2.49. The van der Waals surface area contributed by atoms with Crippen molar-refractivity contribution >= 4 is 11.9 Å². The van der Waals surface area contributed by atoms with Crippen molar-refractivity contribution in [1.29, 1.82) is 0 Å². The Hall–Kier alpha value is -2.34. The van der Waals surface area contributed by atoms with Crippen molar-refractivity contribution in [3.05, 3.63) is 48.0 Å². The molecule has 0 aliphatic carbocycles. The van der Waals surface area contributed by atoms with Crippen LogP contribution < -0.4 is 10.6 Å². The minimum Gasteiger partial charge on any atom is -0.354 e. The predicted octanol–water partition coefficient (Wildman–Crippen LogP) is 2.41. The highest BCUT2D eigenvalue weighted by Crippen LogP contribution is 2.13. The van der Waals surface area contributed by atoms with E-state index >= 15 is 0 Å². The van der Waals surface area contributed by atoms with Crippen LogP contribution in [-0.4, -0.2) is 68.0 Å². The van der Waals surface area contributed by atoms with Gasteiger partial charge in [0.1, 0.15) is 6.54 Å². The largest absolute Gasteiger partial charge is 0.354 e. The normalized spacial score (nSPS) is 17.1. The Morgan fingerprint density at radius 3 is 2.50 bits per heavy atom. The number of carbonyl (C=O) groups is 1. The van der Waals surface area contributed by atoms with Crippen LogP contribution in [0.25, 0.3) is 0 Å². The average molecular weight is 386 g/mol. The summed E-state index contributed by atoms with van der Waals surface area (Å²) >= 11 is 0. The number of benzene rings is 1. The van der Waals surface area contributed by atoms with Gasteiger partial charge < -0.3 is 15.5 Å². The Balaban J connectivity index is 1.99. The first kappa shape index (κ1) is 22.0. The summed E-state index contributed by atoms with van der Waals surface area (Å²) in [7, 11) is 3.50. The van der Waals surface area contributed by atoms with Crippen LogP contribution in [0.15, 0.2) is 47.5 Å². The van der Waals surface area contributed by atoms with E-state index in [9.17, 15) is 4.79 Å². The third-order valence-electron chi connectivity index (χ3n) is 4.95. The second-order valence-electron chi connectivity index (χ2n) is 7.88. The number of hydrogen-bond donors (Lipinski definition) is 2. The number of nitrogens with zero attached hydrogens (tertiary/aromatic N) is 3. The van der Waals surface area contributed by atoms with Crippen molar-refractivity contribution in [2.75, 3.05) is 40.3 Å². The second-order valence-corrected chi connectivity index (χ2v) is 7.88. The summed E-state index contributed by atoms with van der Waals surface area (Å²) in [6.45, 7) is 11.4. The fraction of sp³-hybridized carbons (Fsp3) is 0.545. The number of carbonyl (C=O) groups excluding carboxylic acids is 1. The standard InChI is InChI=1S/C22H35N5O/c1-17(2)16-27-13-11-20(12-14-27)25-22(23-15-21(28)26(4)5)24-18(3)19-9-7-6-8-10-19/h6-10,18,20H,1,11-16H2,2-5H3,(H2,23,24,25). The maximum atomic E-state index is 12.0. The molecule has 0 bridgehead atoms. The van der Waals surface area contributed by atoms with Gasteiger partial charge in [-0.1, -0.05) is 42.5 Å². The van der Waals surface area contributed by atoms with Gasteiger partial charge in [-0.2, -0.15) is 0 Å². The van der Waals surface area contributed by atoms with Crippen molar-refractivity contribution in [2.45, 2.75) is 38.8 Å². The topological polar surface area (TPSA) is 60.0 Å². The van der Waals surface area contributed by atoms with Gasteiger partial charge in [0.25, 0.3) is 0 Å². The summed E-state index contributed by atoms with van der Waals surface area (Å²) in [5, 5.41) is 7.00. The van der Waals surface area contributed by atoms with Crippen molar-refractivity contribution < 1.29 is 4.79 Å². The molecule has 1 aliphatic heterocycles. The number of amides is 1. The van der Waals surface area contributed by atoms with Crippen LogP contribution in [0.2, 0.25) is 0 Å². The van der Waals surface area contributed by atoms with E-state index in [-0.39, 0.29) is 18.5 Å². The van der Waals surface area contributed by atoms with Gasteiger partial charge in [0.05, 0.1) is 6.04 Å². The molecule has 2 N–H and O–H groups in total. The first-order valence-corrected chi connectivity index (χ1v) is 10.0. The molecule has 1 fully saturated rings. The number of rotatable bonds is 7. The van der Waals surface area contributed by atoms with E-state index in [0.717, 1.165) is 32.5 Å². The number of likely N-dealkylation sites (N-methyl/N-ethyl adjacent to an activating group) is 1. The number of guanidine groups is 1. The lowest BCUT2D eigenvalue weighted by Gasteiger charge is -2.33. The first-order valence-electron chi connectivity index (χ1n) is 10.0. The number of piperidine rings is 1. The highest BCUT2D eigenvalue weighted by atomic mass is 16.2. The lowest BCUT2D eigenvalue weighted by molar-refractivity contribution is -0.127. The Morgan fingerprint density at radius 2 is 1.93 bits per heavy atom. The molecule has 1 saturated heterocycles. The van der Waals surface area contributed by atoms with E-state index in [1.165, 1.54) is 11.1 Å². The molecule has 28 heavy (non-hydrogen) atoms. The second kappa shape index (κ2) is 10.9. The molecule has 0 radical (unpaired) electrons. The van der Waals surface area contributed by atoms with Crippen molar-refractivity contribution in [2.24, 2.45) is 4.99 Å². The predicted molar refractivity (Wildman–Crippen MR) is 116 cm³/mol. The molecule has 0 aromatic heterocycles. The quantitative estimate of drug-likeness (QED) is 0.430. The Morgan fingerprint density at radius 1 is 1.29 bits per heavy atom. The number of nitrogens with one attached hydrogen (secondary N) is 2. The smallest absolute Gasteiger partial charge is 0.243 e. The van der Waals surface area contributed by atoms with Gasteiger partial charge in [0.15, 0.2) is 5.96 Å². The zero-order valence-electron chi connectivity index (χ0n) is 17.7. The van der Waals surface area contributed by atoms with Crippen molar-refractivity contribution in [1.82, 2.24) is 20.4 Å². The molecule has 1 unspecified atom stereocenters. The molecule has 0 saturated carbocycles. The van der Waals surface area contributed by atoms with E-state index in [4.69, 9.17) is 0 Å². The summed E-state index contributed by atoms with van der Waals surface area (Å²) < 4.78 is 0. The molecular weight excluding hydrogens is 350 g/mol. The number of hydrogen-bond acceptors (Lipinski definition) is 3. The fourth-order valence-corrected chi connectivity index (χ4v) is 3.26. The molecule has 0 spiro atoms. The Kier molecular flexibility index (Phi) is 8.51. The van der Waals surface area contributed by atoms with Crippen LogP contribution in [0.3, 0.4) is 0 Å². The minimum atomic E-state index is -0.00950. The molecule has 1 aromatic carbocycles. The van der Waals surface area contributed by atoms with Crippen LogP contribution in [0.5, 0.6) is 0 Å². The molecule has 154 valence electrons. The SMILES string of the molecule is C=C(C)CN1CCC(NC(=NCC(=O)N(C)C)NC(C)c2ccccc2)CC1. The van der Waals surface area contributed by atoms with Gasteiger partial charge in [0.2, 0.25) is 5.91 Å². The summed E-state index contributed by atoms with van der Waals surface area (Å²) in [4.78, 5) is 20.5. The van der Waals surface area contributed by atoms with Crippen molar-refractivity contribution in [3.8, 4) is 0 Å². The molecule has 6 nitrogen and oxygen atoms in total. The summed E-state index contributed by atoms with van der Waals surface area (Å²) in [6, 6.07) is 10.7. The van der Waals surface area contributed by atoms with Gasteiger partial charge in [-0.3, -0.25) is 9.69 Å². The highest BCUT2D eigenvalue weighted by molar-refractivity contribution is 5.85. The van der Waals surface area contributed by atoms with E-state index < -0.39 is 0 Å².